The number of halogens is 1. The average molecular weight is 228 g/mol. The number of alkyl halides is 1. The summed E-state index contributed by atoms with van der Waals surface area (Å²) in [5.74, 6) is 0.257. The molecule has 1 fully saturated rings. The zero-order valence-electron chi connectivity index (χ0n) is 7.24. The highest BCUT2D eigenvalue weighted by Crippen LogP contribution is 2.24. The molecule has 0 spiro atoms. The molecular weight excluding hydrogens is 214 g/mol. The minimum atomic E-state index is -3.29. The highest BCUT2D eigenvalue weighted by atomic mass is 35.5. The van der Waals surface area contributed by atoms with Crippen molar-refractivity contribution in [1.29, 1.82) is 0 Å². The van der Waals surface area contributed by atoms with Crippen molar-refractivity contribution >= 4 is 21.6 Å². The van der Waals surface area contributed by atoms with Crippen molar-refractivity contribution in [1.82, 2.24) is 4.72 Å². The lowest BCUT2D eigenvalue weighted by atomic mass is 10.1. The second-order valence-electron chi connectivity index (χ2n) is 3.41. The molecule has 1 rings (SSSR count). The molecular formula is C7H14ClNO3S. The fourth-order valence-corrected chi connectivity index (χ4v) is 2.32. The van der Waals surface area contributed by atoms with Gasteiger partial charge in [-0.05, 0) is 25.2 Å². The van der Waals surface area contributed by atoms with Crippen LogP contribution in [0.3, 0.4) is 0 Å². The van der Waals surface area contributed by atoms with Gasteiger partial charge < -0.3 is 5.11 Å². The van der Waals surface area contributed by atoms with Crippen LogP contribution in [0, 0.1) is 5.92 Å². The number of nitrogens with one attached hydrogen (secondary N) is 1. The predicted molar refractivity (Wildman–Crippen MR) is 51.0 cm³/mol. The minimum Gasteiger partial charge on any atom is -0.393 e. The molecule has 1 aliphatic rings. The first-order valence-corrected chi connectivity index (χ1v) is 6.43. The van der Waals surface area contributed by atoms with Crippen LogP contribution in [0.15, 0.2) is 0 Å². The van der Waals surface area contributed by atoms with Crippen LogP contribution < -0.4 is 4.72 Å². The average Bonchev–Trinajstić information content (AvgIpc) is 2.48. The van der Waals surface area contributed by atoms with E-state index in [-0.39, 0.29) is 12.0 Å². The summed E-state index contributed by atoms with van der Waals surface area (Å²) >= 11 is 5.21. The summed E-state index contributed by atoms with van der Waals surface area (Å²) in [5, 5.41) is 8.78. The van der Waals surface area contributed by atoms with Crippen LogP contribution in [0.5, 0.6) is 0 Å². The quantitative estimate of drug-likeness (QED) is 0.678. The van der Waals surface area contributed by atoms with E-state index in [1.54, 1.807) is 0 Å². The van der Waals surface area contributed by atoms with Crippen LogP contribution in [-0.4, -0.2) is 31.4 Å². The maximum Gasteiger partial charge on any atom is 0.225 e. The molecule has 1 saturated carbocycles. The zero-order chi connectivity index (χ0) is 9.90. The molecule has 0 aromatic heterocycles. The lowest BCUT2D eigenvalue weighted by molar-refractivity contribution is 0.178. The second kappa shape index (κ2) is 4.59. The van der Waals surface area contributed by atoms with E-state index >= 15 is 0 Å². The first-order valence-electron chi connectivity index (χ1n) is 4.25. The standard InChI is InChI=1S/C7H14ClNO3S/c8-5-13(11,12)9-4-6-1-2-7(10)3-6/h6-7,9-10H,1-5H2. The summed E-state index contributed by atoms with van der Waals surface area (Å²) < 4.78 is 24.3. The van der Waals surface area contributed by atoms with E-state index in [1.165, 1.54) is 0 Å². The highest BCUT2D eigenvalue weighted by Gasteiger charge is 2.23. The summed E-state index contributed by atoms with van der Waals surface area (Å²) in [6.07, 6.45) is 2.08. The Bertz CT molecular complexity index is 254. The van der Waals surface area contributed by atoms with Crippen LogP contribution in [-0.2, 0) is 10.0 Å². The van der Waals surface area contributed by atoms with Gasteiger partial charge in [-0.15, -0.1) is 11.6 Å². The maximum atomic E-state index is 10.9. The molecule has 0 bridgehead atoms. The number of aliphatic hydroxyl groups is 1. The van der Waals surface area contributed by atoms with Crippen molar-refractivity contribution in [2.45, 2.75) is 25.4 Å². The molecule has 1 aliphatic carbocycles. The van der Waals surface area contributed by atoms with Crippen LogP contribution in [0.1, 0.15) is 19.3 Å². The minimum absolute atomic E-state index is 0.257. The summed E-state index contributed by atoms with van der Waals surface area (Å²) in [6.45, 7) is 0.395. The number of sulfonamides is 1. The van der Waals surface area contributed by atoms with Crippen molar-refractivity contribution in [3.8, 4) is 0 Å². The lowest BCUT2D eigenvalue weighted by Gasteiger charge is -2.09. The first-order chi connectivity index (χ1) is 6.03. The summed E-state index contributed by atoms with van der Waals surface area (Å²) in [5.41, 5.74) is 0. The molecule has 2 unspecified atom stereocenters. The molecule has 0 heterocycles. The fourth-order valence-electron chi connectivity index (χ4n) is 1.52. The molecule has 0 aliphatic heterocycles. The molecule has 0 aromatic carbocycles. The summed E-state index contributed by atoms with van der Waals surface area (Å²) in [7, 11) is -3.29. The Balaban J connectivity index is 2.27. The van der Waals surface area contributed by atoms with Gasteiger partial charge in [-0.25, -0.2) is 13.1 Å². The Kier molecular flexibility index (Phi) is 3.97. The van der Waals surface area contributed by atoms with Gasteiger partial charge in [0.05, 0.1) is 6.10 Å². The van der Waals surface area contributed by atoms with Gasteiger partial charge in [0.1, 0.15) is 5.21 Å². The van der Waals surface area contributed by atoms with Gasteiger partial charge >= 0.3 is 0 Å². The number of rotatable bonds is 4. The van der Waals surface area contributed by atoms with Gasteiger partial charge in [0.25, 0.3) is 0 Å². The summed E-state index contributed by atoms with van der Waals surface area (Å²) in [4.78, 5) is 0. The van der Waals surface area contributed by atoms with E-state index in [9.17, 15) is 13.5 Å². The molecule has 2 N–H and O–H groups in total. The van der Waals surface area contributed by atoms with Crippen molar-refractivity contribution in [3.63, 3.8) is 0 Å². The third-order valence-electron chi connectivity index (χ3n) is 2.25. The topological polar surface area (TPSA) is 66.4 Å². The second-order valence-corrected chi connectivity index (χ2v) is 5.80. The van der Waals surface area contributed by atoms with E-state index < -0.39 is 15.2 Å². The van der Waals surface area contributed by atoms with Gasteiger partial charge in [-0.3, -0.25) is 0 Å². The molecule has 13 heavy (non-hydrogen) atoms. The van der Waals surface area contributed by atoms with Gasteiger partial charge in [0, 0.05) is 6.54 Å². The molecule has 0 amide bonds. The SMILES string of the molecule is O=S(=O)(CCl)NCC1CCC(O)C1. The third-order valence-corrected chi connectivity index (χ3v) is 4.00. The van der Waals surface area contributed by atoms with Gasteiger partial charge in [0.2, 0.25) is 10.0 Å². The van der Waals surface area contributed by atoms with Gasteiger partial charge in [0.15, 0.2) is 0 Å². The van der Waals surface area contributed by atoms with Crippen molar-refractivity contribution in [2.24, 2.45) is 5.92 Å². The maximum absolute atomic E-state index is 10.9. The Labute approximate surface area is 83.3 Å². The van der Waals surface area contributed by atoms with Crippen LogP contribution in [0.25, 0.3) is 0 Å². The van der Waals surface area contributed by atoms with E-state index in [1.807, 2.05) is 0 Å². The molecule has 0 radical (unpaired) electrons. The Morgan fingerprint density at radius 2 is 2.15 bits per heavy atom. The van der Waals surface area contributed by atoms with Crippen LogP contribution in [0.4, 0.5) is 0 Å². The normalized spacial score (nSPS) is 29.4. The number of hydrogen-bond acceptors (Lipinski definition) is 3. The molecule has 2 atom stereocenters. The Morgan fingerprint density at radius 3 is 2.62 bits per heavy atom. The molecule has 0 saturated heterocycles. The van der Waals surface area contributed by atoms with E-state index in [2.05, 4.69) is 4.72 Å². The zero-order valence-corrected chi connectivity index (χ0v) is 8.81. The number of aliphatic hydroxyl groups excluding tert-OH is 1. The first kappa shape index (κ1) is 11.2. The van der Waals surface area contributed by atoms with Crippen molar-refractivity contribution < 1.29 is 13.5 Å². The van der Waals surface area contributed by atoms with Gasteiger partial charge in [-0.1, -0.05) is 0 Å². The molecule has 0 aromatic rings. The predicted octanol–water partition coefficient (Wildman–Crippen LogP) is 0.263. The Morgan fingerprint density at radius 1 is 1.46 bits per heavy atom. The van der Waals surface area contributed by atoms with Crippen LogP contribution >= 0.6 is 11.6 Å². The highest BCUT2D eigenvalue weighted by molar-refractivity contribution is 7.90. The van der Waals surface area contributed by atoms with Crippen LogP contribution in [0.2, 0.25) is 0 Å². The van der Waals surface area contributed by atoms with E-state index in [0.29, 0.717) is 13.0 Å². The third kappa shape index (κ3) is 3.81. The molecule has 6 heteroatoms. The van der Waals surface area contributed by atoms with E-state index in [0.717, 1.165) is 12.8 Å². The lowest BCUT2D eigenvalue weighted by Crippen LogP contribution is -2.29. The largest absolute Gasteiger partial charge is 0.393 e. The molecule has 78 valence electrons. The Hall–Kier alpha value is 0.160. The van der Waals surface area contributed by atoms with Gasteiger partial charge in [-0.2, -0.15) is 0 Å². The van der Waals surface area contributed by atoms with Crippen molar-refractivity contribution in [3.05, 3.63) is 0 Å². The summed E-state index contributed by atoms with van der Waals surface area (Å²) in [6, 6.07) is 0. The smallest absolute Gasteiger partial charge is 0.225 e. The van der Waals surface area contributed by atoms with E-state index in [4.69, 9.17) is 11.6 Å². The fraction of sp³-hybridized carbons (Fsp3) is 1.00. The monoisotopic (exact) mass is 227 g/mol. The number of hydrogen-bond donors (Lipinski definition) is 2. The van der Waals surface area contributed by atoms with Crippen molar-refractivity contribution in [2.75, 3.05) is 11.8 Å². The molecule has 4 nitrogen and oxygen atoms in total.